The van der Waals surface area contributed by atoms with Gasteiger partial charge in [-0.05, 0) is 67.2 Å². The lowest BCUT2D eigenvalue weighted by atomic mass is 9.79. The number of benzene rings is 4. The number of carbonyl (C=O) groups excluding carboxylic acids is 1. The molecule has 0 radical (unpaired) electrons. The molecule has 0 saturated carbocycles. The third-order valence-electron chi connectivity index (χ3n) is 10.8. The lowest BCUT2D eigenvalue weighted by Gasteiger charge is -2.46. The summed E-state index contributed by atoms with van der Waals surface area (Å²) in [5, 5.41) is 28.8. The summed E-state index contributed by atoms with van der Waals surface area (Å²) in [5.41, 5.74) is 4.16. The molecule has 0 aromatic heterocycles. The number of ketones is 1. The molecule has 0 bridgehead atoms. The maximum absolute atomic E-state index is 14.1. The van der Waals surface area contributed by atoms with Crippen molar-refractivity contribution in [2.75, 3.05) is 56.2 Å². The molecule has 0 unspecified atom stereocenters. The van der Waals surface area contributed by atoms with Gasteiger partial charge in [-0.25, -0.2) is 0 Å². The van der Waals surface area contributed by atoms with Crippen molar-refractivity contribution in [1.82, 2.24) is 9.80 Å². The maximum Gasteiger partial charge on any atom is 0.201 e. The van der Waals surface area contributed by atoms with Gasteiger partial charge < -0.3 is 30.9 Å². The second-order valence-electron chi connectivity index (χ2n) is 13.9. The zero-order chi connectivity index (χ0) is 31.1. The topological polar surface area (TPSA) is 79.9 Å². The van der Waals surface area contributed by atoms with Crippen LogP contribution in [0.5, 0.6) is 0 Å². The Bertz CT molecular complexity index is 2050. The molecule has 4 aliphatic rings. The van der Waals surface area contributed by atoms with Crippen LogP contribution in [0.3, 0.4) is 0 Å². The Morgan fingerprint density at radius 1 is 0.800 bits per heavy atom. The first-order chi connectivity index (χ1) is 21.7. The number of anilines is 3. The van der Waals surface area contributed by atoms with Gasteiger partial charge in [-0.1, -0.05) is 55.1 Å². The van der Waals surface area contributed by atoms with Crippen LogP contribution in [-0.4, -0.2) is 72.2 Å². The minimum atomic E-state index is -0.300. The third kappa shape index (κ3) is 4.43. The normalized spacial score (nSPS) is 22.3. The van der Waals surface area contributed by atoms with Gasteiger partial charge in [0.1, 0.15) is 11.4 Å². The molecule has 2 saturated heterocycles. The van der Waals surface area contributed by atoms with E-state index in [4.69, 9.17) is 0 Å². The summed E-state index contributed by atoms with van der Waals surface area (Å²) in [5.74, 6) is -0.0990. The highest BCUT2D eigenvalue weighted by Crippen LogP contribution is 2.48. The van der Waals surface area contributed by atoms with Gasteiger partial charge in [0, 0.05) is 72.3 Å². The number of carbonyl (C=O) groups is 1. The van der Waals surface area contributed by atoms with Crippen molar-refractivity contribution in [2.24, 2.45) is 0 Å². The SMILES string of the molecule is C=c1/c(=C2/C(=O)C(c3ccc4cccc5c4c3NC3(CCN(C)CC3)N5)=C2O)ccc2cccc(NC3(C)CCN(C)CC3)c12. The molecule has 3 heterocycles. The van der Waals surface area contributed by atoms with Crippen LogP contribution in [-0.2, 0) is 4.79 Å². The zero-order valence-corrected chi connectivity index (χ0v) is 26.4. The lowest BCUT2D eigenvalue weighted by Crippen LogP contribution is -2.55. The van der Waals surface area contributed by atoms with Crippen LogP contribution in [0, 0.1) is 0 Å². The molecular weight excluding hydrogens is 558 g/mol. The number of nitrogens with one attached hydrogen (secondary N) is 3. The van der Waals surface area contributed by atoms with Crippen molar-refractivity contribution in [2.45, 2.75) is 43.8 Å². The van der Waals surface area contributed by atoms with Crippen molar-refractivity contribution >= 4 is 62.1 Å². The molecule has 7 heteroatoms. The van der Waals surface area contributed by atoms with Crippen molar-refractivity contribution < 1.29 is 9.90 Å². The predicted octanol–water partition coefficient (Wildman–Crippen LogP) is 5.26. The van der Waals surface area contributed by atoms with E-state index < -0.39 is 0 Å². The molecule has 0 amide bonds. The van der Waals surface area contributed by atoms with Crippen LogP contribution in [0.4, 0.5) is 17.1 Å². The molecule has 230 valence electrons. The lowest BCUT2D eigenvalue weighted by molar-refractivity contribution is -0.109. The summed E-state index contributed by atoms with van der Waals surface area (Å²) in [6.07, 6.45) is 3.95. The summed E-state index contributed by atoms with van der Waals surface area (Å²) < 4.78 is 0. The third-order valence-corrected chi connectivity index (χ3v) is 10.8. The number of nitrogens with zero attached hydrogens (tertiary/aromatic N) is 2. The predicted molar refractivity (Wildman–Crippen MR) is 186 cm³/mol. The summed E-state index contributed by atoms with van der Waals surface area (Å²) in [6, 6.07) is 20.5. The number of hydrogen-bond acceptors (Lipinski definition) is 7. The fourth-order valence-electron chi connectivity index (χ4n) is 7.86. The Balaban J connectivity index is 1.25. The molecule has 3 aliphatic heterocycles. The first kappa shape index (κ1) is 28.2. The molecule has 1 aliphatic carbocycles. The molecule has 2 fully saturated rings. The minimum Gasteiger partial charge on any atom is -0.506 e. The zero-order valence-electron chi connectivity index (χ0n) is 26.4. The number of piperidine rings is 2. The Morgan fingerprint density at radius 2 is 1.44 bits per heavy atom. The number of aliphatic hydroxyl groups is 1. The van der Waals surface area contributed by atoms with E-state index in [1.54, 1.807) is 0 Å². The van der Waals surface area contributed by atoms with Gasteiger partial charge in [-0.15, -0.1) is 0 Å². The summed E-state index contributed by atoms with van der Waals surface area (Å²) >= 11 is 0. The molecule has 0 atom stereocenters. The Kier molecular flexibility index (Phi) is 6.32. The molecule has 8 rings (SSSR count). The molecule has 45 heavy (non-hydrogen) atoms. The molecular formula is C38H41N5O2. The molecule has 1 spiro atoms. The van der Waals surface area contributed by atoms with Crippen molar-refractivity contribution in [1.29, 1.82) is 0 Å². The first-order valence-corrected chi connectivity index (χ1v) is 16.2. The van der Waals surface area contributed by atoms with Crippen LogP contribution in [0.15, 0.2) is 66.4 Å². The number of aliphatic hydroxyl groups excluding tert-OH is 1. The van der Waals surface area contributed by atoms with Gasteiger partial charge >= 0.3 is 0 Å². The highest BCUT2D eigenvalue weighted by molar-refractivity contribution is 6.52. The number of fused-ring (bicyclic) bond motifs is 1. The van der Waals surface area contributed by atoms with E-state index in [1.807, 2.05) is 24.3 Å². The number of Topliss-reactive ketones (excluding diaryl/α,β-unsaturated/α-hetero) is 1. The van der Waals surface area contributed by atoms with E-state index in [2.05, 4.69) is 89.7 Å². The van der Waals surface area contributed by atoms with Crippen molar-refractivity contribution in [3.05, 3.63) is 82.4 Å². The number of allylic oxidation sites excluding steroid dienone is 2. The van der Waals surface area contributed by atoms with Gasteiger partial charge in [0.15, 0.2) is 0 Å². The average Bonchev–Trinajstić information content (AvgIpc) is 3.03. The van der Waals surface area contributed by atoms with Gasteiger partial charge in [0.25, 0.3) is 0 Å². The van der Waals surface area contributed by atoms with E-state index in [-0.39, 0.29) is 22.7 Å². The highest BCUT2D eigenvalue weighted by atomic mass is 16.3. The molecule has 4 aromatic rings. The fraction of sp³-hybridized carbons (Fsp3) is 0.342. The van der Waals surface area contributed by atoms with E-state index in [9.17, 15) is 9.90 Å². The second kappa shape index (κ2) is 10.1. The van der Waals surface area contributed by atoms with E-state index in [0.29, 0.717) is 16.4 Å². The summed E-state index contributed by atoms with van der Waals surface area (Å²) in [7, 11) is 4.32. The maximum atomic E-state index is 14.1. The molecule has 4 aromatic carbocycles. The Labute approximate surface area is 263 Å². The smallest absolute Gasteiger partial charge is 0.201 e. The van der Waals surface area contributed by atoms with Crippen LogP contribution in [0.25, 0.3) is 39.3 Å². The first-order valence-electron chi connectivity index (χ1n) is 16.2. The largest absolute Gasteiger partial charge is 0.506 e. The summed E-state index contributed by atoms with van der Waals surface area (Å²) in [4.78, 5) is 18.8. The number of likely N-dealkylation sites (tertiary alicyclic amines) is 2. The van der Waals surface area contributed by atoms with Gasteiger partial charge in [-0.2, -0.15) is 0 Å². The monoisotopic (exact) mass is 599 g/mol. The fourth-order valence-corrected chi connectivity index (χ4v) is 7.86. The number of rotatable bonds is 3. The molecule has 7 nitrogen and oxygen atoms in total. The standard InChI is InChI=1S/C38H41N5O2/c1-23-26(13-11-24-7-5-9-28(30(23)24)39-37(2)15-19-42(3)20-16-37)32-35(44)33(36(32)45)27-14-12-25-8-6-10-29-31(25)34(27)41-38(40-29)17-21-43(4)22-18-38/h5-14,39-41,44H,1,15-22H2,2-4H3/b32-26+. The van der Waals surface area contributed by atoms with Crippen LogP contribution < -0.4 is 26.4 Å². The minimum absolute atomic E-state index is 0.0266. The Hall–Kier alpha value is -4.33. The Morgan fingerprint density at radius 3 is 2.16 bits per heavy atom. The van der Waals surface area contributed by atoms with E-state index in [0.717, 1.165) is 101 Å². The average molecular weight is 600 g/mol. The van der Waals surface area contributed by atoms with Gasteiger partial charge in [0.2, 0.25) is 5.78 Å². The second-order valence-corrected chi connectivity index (χ2v) is 13.9. The number of hydrogen-bond donors (Lipinski definition) is 4. The molecule has 4 N–H and O–H groups in total. The van der Waals surface area contributed by atoms with Crippen LogP contribution in [0.1, 0.15) is 38.2 Å². The van der Waals surface area contributed by atoms with Crippen LogP contribution >= 0.6 is 0 Å². The van der Waals surface area contributed by atoms with Crippen molar-refractivity contribution in [3.8, 4) is 0 Å². The van der Waals surface area contributed by atoms with E-state index >= 15 is 0 Å². The van der Waals surface area contributed by atoms with E-state index in [1.165, 1.54) is 0 Å². The summed E-state index contributed by atoms with van der Waals surface area (Å²) in [6.45, 7) is 10.8. The van der Waals surface area contributed by atoms with Crippen molar-refractivity contribution in [3.63, 3.8) is 0 Å². The van der Waals surface area contributed by atoms with Gasteiger partial charge in [0.05, 0.1) is 16.8 Å². The quantitative estimate of drug-likeness (QED) is 0.256. The van der Waals surface area contributed by atoms with Gasteiger partial charge in [-0.3, -0.25) is 4.79 Å². The van der Waals surface area contributed by atoms with Crippen LogP contribution in [0.2, 0.25) is 0 Å². The highest BCUT2D eigenvalue weighted by Gasteiger charge is 2.42.